The lowest BCUT2D eigenvalue weighted by Crippen LogP contribution is -2.23. The van der Waals surface area contributed by atoms with Crippen LogP contribution in [0.2, 0.25) is 0 Å². The minimum absolute atomic E-state index is 0.141. The van der Waals surface area contributed by atoms with Crippen LogP contribution in [-0.4, -0.2) is 5.51 Å². The lowest BCUT2D eigenvalue weighted by molar-refractivity contribution is -0.0386. The third-order valence-corrected chi connectivity index (χ3v) is 10.2. The van der Waals surface area contributed by atoms with Gasteiger partial charge in [0.05, 0.1) is 0 Å². The first-order valence-electron chi connectivity index (χ1n) is 12.1. The van der Waals surface area contributed by atoms with E-state index in [-0.39, 0.29) is 16.2 Å². The molecule has 0 bridgehead atoms. The fourth-order valence-corrected chi connectivity index (χ4v) is 7.54. The molecule has 0 saturated carbocycles. The van der Waals surface area contributed by atoms with Crippen LogP contribution in [0.5, 0.6) is 0 Å². The summed E-state index contributed by atoms with van der Waals surface area (Å²) >= 11 is 0. The van der Waals surface area contributed by atoms with Gasteiger partial charge in [0.15, 0.2) is 0 Å². The minimum atomic E-state index is -4.47. The molecular weight excluding hydrogens is 461 g/mol. The van der Waals surface area contributed by atoms with E-state index < -0.39 is 15.5 Å². The second kappa shape index (κ2) is 9.03. The molecule has 0 atom stereocenters. The Bertz CT molecular complexity index is 994. The molecular formula is C31H39F3S. The molecule has 0 aliphatic carbocycles. The molecule has 0 aromatic heterocycles. The Morgan fingerprint density at radius 3 is 0.743 bits per heavy atom. The van der Waals surface area contributed by atoms with Crippen LogP contribution in [0.25, 0.3) is 0 Å². The summed E-state index contributed by atoms with van der Waals surface area (Å²) in [6, 6.07) is 21.3. The summed E-state index contributed by atoms with van der Waals surface area (Å²) in [5, 5.41) is 0. The van der Waals surface area contributed by atoms with Gasteiger partial charge in [0.2, 0.25) is 0 Å². The van der Waals surface area contributed by atoms with Crippen molar-refractivity contribution in [2.24, 2.45) is 0 Å². The SMILES string of the molecule is CC(C)(C)c1ccc(S(c2ccc(C(C)(C)C)cc2)(c2ccc(C(C)(C)C)cc2)C(F)(F)F)cc1. The molecule has 3 aromatic carbocycles. The van der Waals surface area contributed by atoms with E-state index in [1.165, 1.54) is 0 Å². The smallest absolute Gasteiger partial charge is 0.161 e. The fraction of sp³-hybridized carbons (Fsp3) is 0.419. The number of hydrogen-bond donors (Lipinski definition) is 0. The standard InChI is InChI=1S/C31H39F3S/c1-28(2,3)22-10-16-25(17-11-22)35(31(32,33)34,26-18-12-23(13-19-26)29(4,5)6)27-20-14-24(15-21-27)30(7,8)9/h10-21H,1-9H3. The quantitative estimate of drug-likeness (QED) is 0.335. The van der Waals surface area contributed by atoms with Crippen LogP contribution < -0.4 is 0 Å². The van der Waals surface area contributed by atoms with Gasteiger partial charge in [-0.1, -0.05) is 109 Å². The lowest BCUT2D eigenvalue weighted by atomic mass is 9.87. The predicted molar refractivity (Wildman–Crippen MR) is 144 cm³/mol. The Labute approximate surface area is 211 Å². The van der Waals surface area contributed by atoms with Gasteiger partial charge < -0.3 is 0 Å². The number of halogens is 3. The normalized spacial score (nSPS) is 14.2. The highest BCUT2D eigenvalue weighted by Gasteiger charge is 2.54. The highest BCUT2D eigenvalue weighted by Crippen LogP contribution is 2.77. The van der Waals surface area contributed by atoms with E-state index in [1.807, 2.05) is 36.4 Å². The number of benzene rings is 3. The van der Waals surface area contributed by atoms with Crippen molar-refractivity contribution in [1.29, 1.82) is 0 Å². The van der Waals surface area contributed by atoms with Crippen molar-refractivity contribution in [1.82, 2.24) is 0 Å². The van der Waals surface area contributed by atoms with Gasteiger partial charge in [0.1, 0.15) is 0 Å². The van der Waals surface area contributed by atoms with Crippen LogP contribution in [0.1, 0.15) is 79.0 Å². The van der Waals surface area contributed by atoms with E-state index in [0.29, 0.717) is 14.7 Å². The molecule has 0 aliphatic heterocycles. The second-order valence-corrected chi connectivity index (χ2v) is 15.5. The lowest BCUT2D eigenvalue weighted by Gasteiger charge is -2.43. The van der Waals surface area contributed by atoms with Crippen molar-refractivity contribution in [3.8, 4) is 0 Å². The van der Waals surface area contributed by atoms with Gasteiger partial charge in [0.25, 0.3) is 0 Å². The molecule has 0 saturated heterocycles. The minimum Gasteiger partial charge on any atom is -0.161 e. The zero-order valence-corrected chi connectivity index (χ0v) is 23.3. The summed E-state index contributed by atoms with van der Waals surface area (Å²) in [6.45, 7) is 18.6. The maximum Gasteiger partial charge on any atom is 0.437 e. The Morgan fingerprint density at radius 2 is 0.600 bits per heavy atom. The molecule has 0 fully saturated rings. The molecule has 4 heteroatoms. The van der Waals surface area contributed by atoms with Crippen molar-refractivity contribution in [2.75, 3.05) is 0 Å². The van der Waals surface area contributed by atoms with E-state index in [9.17, 15) is 0 Å². The third kappa shape index (κ3) is 5.33. The zero-order chi connectivity index (χ0) is 26.4. The van der Waals surface area contributed by atoms with Gasteiger partial charge in [-0.25, -0.2) is 0 Å². The largest absolute Gasteiger partial charge is 0.437 e. The van der Waals surface area contributed by atoms with Gasteiger partial charge in [-0.15, -0.1) is 0 Å². The molecule has 0 amide bonds. The van der Waals surface area contributed by atoms with Gasteiger partial charge in [-0.3, -0.25) is 0 Å². The molecule has 190 valence electrons. The van der Waals surface area contributed by atoms with Crippen molar-refractivity contribution >= 4 is 10.0 Å². The van der Waals surface area contributed by atoms with E-state index >= 15 is 13.2 Å². The van der Waals surface area contributed by atoms with Crippen LogP contribution in [-0.2, 0) is 16.2 Å². The average Bonchev–Trinajstić information content (AvgIpc) is 2.72. The maximum absolute atomic E-state index is 15.5. The Balaban J connectivity index is 2.35. The first-order chi connectivity index (χ1) is 15.9. The number of hydrogen-bond acceptors (Lipinski definition) is 0. The molecule has 0 spiro atoms. The van der Waals surface area contributed by atoms with Crippen LogP contribution >= 0.6 is 10.0 Å². The Kier molecular flexibility index (Phi) is 7.07. The number of rotatable bonds is 3. The molecule has 0 unspecified atom stereocenters. The Morgan fingerprint density at radius 1 is 0.400 bits per heavy atom. The molecule has 0 aliphatic rings. The monoisotopic (exact) mass is 500 g/mol. The fourth-order valence-electron chi connectivity index (χ4n) is 4.29. The van der Waals surface area contributed by atoms with Crippen molar-refractivity contribution in [3.05, 3.63) is 89.5 Å². The van der Waals surface area contributed by atoms with Crippen molar-refractivity contribution in [3.63, 3.8) is 0 Å². The number of alkyl halides is 3. The molecule has 35 heavy (non-hydrogen) atoms. The molecule has 0 radical (unpaired) electrons. The molecule has 0 N–H and O–H groups in total. The molecule has 3 aromatic rings. The summed E-state index contributed by atoms with van der Waals surface area (Å²) in [7, 11) is -3.54. The van der Waals surface area contributed by atoms with Gasteiger partial charge in [-0.05, 0) is 69.3 Å². The van der Waals surface area contributed by atoms with Crippen LogP contribution in [0.3, 0.4) is 0 Å². The van der Waals surface area contributed by atoms with E-state index in [0.717, 1.165) is 16.7 Å². The summed E-state index contributed by atoms with van der Waals surface area (Å²) < 4.78 is 46.4. The van der Waals surface area contributed by atoms with E-state index in [2.05, 4.69) is 62.3 Å². The molecule has 0 heterocycles. The predicted octanol–water partition coefficient (Wildman–Crippen LogP) is 10.4. The third-order valence-electron chi connectivity index (χ3n) is 6.57. The first-order valence-corrected chi connectivity index (χ1v) is 13.7. The highest BCUT2D eigenvalue weighted by atomic mass is 32.3. The highest BCUT2D eigenvalue weighted by molar-refractivity contribution is 8.34. The Hall–Kier alpha value is -2.20. The van der Waals surface area contributed by atoms with Crippen molar-refractivity contribution in [2.45, 2.75) is 98.8 Å². The summed E-state index contributed by atoms with van der Waals surface area (Å²) in [5.74, 6) is 0. The molecule has 0 nitrogen and oxygen atoms in total. The zero-order valence-electron chi connectivity index (χ0n) is 22.5. The topological polar surface area (TPSA) is 0 Å². The van der Waals surface area contributed by atoms with Crippen molar-refractivity contribution < 1.29 is 13.2 Å². The summed E-state index contributed by atoms with van der Waals surface area (Å²) in [5.41, 5.74) is -1.84. The first kappa shape index (κ1) is 27.4. The van der Waals surface area contributed by atoms with Gasteiger partial charge in [-0.2, -0.15) is 13.2 Å². The maximum atomic E-state index is 15.5. The van der Waals surface area contributed by atoms with Gasteiger partial charge in [0, 0.05) is 14.7 Å². The van der Waals surface area contributed by atoms with Crippen LogP contribution in [0.4, 0.5) is 13.2 Å². The average molecular weight is 501 g/mol. The van der Waals surface area contributed by atoms with E-state index in [1.54, 1.807) is 36.4 Å². The molecule has 3 rings (SSSR count). The van der Waals surface area contributed by atoms with E-state index in [4.69, 9.17) is 0 Å². The van der Waals surface area contributed by atoms with Crippen LogP contribution in [0, 0.1) is 0 Å². The summed E-state index contributed by atoms with van der Waals surface area (Å²) in [4.78, 5) is 0.931. The second-order valence-electron chi connectivity index (χ2n) is 12.4. The summed E-state index contributed by atoms with van der Waals surface area (Å²) in [6.07, 6.45) is 0. The van der Waals surface area contributed by atoms with Crippen LogP contribution in [0.15, 0.2) is 87.5 Å². The van der Waals surface area contributed by atoms with Gasteiger partial charge >= 0.3 is 5.51 Å².